The summed E-state index contributed by atoms with van der Waals surface area (Å²) in [4.78, 5) is 3.79. The van der Waals surface area contributed by atoms with Crippen LogP contribution >= 0.6 is 0 Å². The maximum atomic E-state index is 14.0. The smallest absolute Gasteiger partial charge is 0.275 e. The van der Waals surface area contributed by atoms with Crippen LogP contribution in [-0.2, 0) is 0 Å². The number of piperidine rings is 2. The van der Waals surface area contributed by atoms with Crippen molar-refractivity contribution >= 4 is 0 Å². The lowest BCUT2D eigenvalue weighted by molar-refractivity contribution is -0.127. The Kier molecular flexibility index (Phi) is 4.03. The van der Waals surface area contributed by atoms with Gasteiger partial charge in [0, 0.05) is 0 Å². The first-order chi connectivity index (χ1) is 8.03. The maximum absolute atomic E-state index is 14.0. The van der Waals surface area contributed by atoms with Gasteiger partial charge in [-0.3, -0.25) is 4.90 Å². The average Bonchev–Trinajstić information content (AvgIpc) is 2.28. The van der Waals surface area contributed by atoms with Crippen molar-refractivity contribution in [3.8, 4) is 0 Å². The Balaban J connectivity index is 1.93. The average molecular weight is 246 g/mol. The van der Waals surface area contributed by atoms with Crippen LogP contribution in [0.2, 0.25) is 0 Å². The first-order valence-corrected chi connectivity index (χ1v) is 6.83. The van der Waals surface area contributed by atoms with Crippen molar-refractivity contribution in [2.45, 2.75) is 44.6 Å². The van der Waals surface area contributed by atoms with Crippen molar-refractivity contribution in [3.63, 3.8) is 0 Å². The van der Waals surface area contributed by atoms with E-state index in [2.05, 4.69) is 6.92 Å². The van der Waals surface area contributed by atoms with Crippen LogP contribution in [0.4, 0.5) is 8.78 Å². The highest BCUT2D eigenvalue weighted by molar-refractivity contribution is 4.93. The molecule has 0 aromatic heterocycles. The highest BCUT2D eigenvalue weighted by atomic mass is 19.3. The summed E-state index contributed by atoms with van der Waals surface area (Å²) in [5.74, 6) is -1.78. The van der Waals surface area contributed by atoms with E-state index < -0.39 is 12.0 Å². The molecule has 2 aliphatic heterocycles. The second kappa shape index (κ2) is 5.19. The summed E-state index contributed by atoms with van der Waals surface area (Å²) in [6.45, 7) is 4.65. The van der Waals surface area contributed by atoms with Gasteiger partial charge in [-0.15, -0.1) is 0 Å². The summed E-state index contributed by atoms with van der Waals surface area (Å²) in [5, 5.41) is 0. The minimum atomic E-state index is -2.54. The van der Waals surface area contributed by atoms with E-state index in [0.717, 1.165) is 38.4 Å². The van der Waals surface area contributed by atoms with Gasteiger partial charge in [-0.05, 0) is 51.9 Å². The zero-order valence-corrected chi connectivity index (χ0v) is 11.0. The number of hydrogen-bond donors (Lipinski definition) is 0. The SMILES string of the molecule is CCC1CCN(C2CCN(C)CC2(F)F)CC1. The molecule has 17 heavy (non-hydrogen) atoms. The zero-order valence-electron chi connectivity index (χ0n) is 11.0. The normalized spacial score (nSPS) is 32.8. The maximum Gasteiger partial charge on any atom is 0.275 e. The van der Waals surface area contributed by atoms with E-state index in [1.807, 2.05) is 4.90 Å². The Labute approximate surface area is 103 Å². The lowest BCUT2D eigenvalue weighted by Gasteiger charge is -2.45. The molecule has 0 saturated carbocycles. The van der Waals surface area contributed by atoms with Crippen LogP contribution in [0.25, 0.3) is 0 Å². The summed E-state index contributed by atoms with van der Waals surface area (Å²) in [6, 6.07) is -0.517. The van der Waals surface area contributed by atoms with E-state index in [1.54, 1.807) is 11.9 Å². The third-order valence-corrected chi connectivity index (χ3v) is 4.42. The van der Waals surface area contributed by atoms with Crippen molar-refractivity contribution in [2.75, 3.05) is 33.2 Å². The molecular formula is C13H24F2N2. The first-order valence-electron chi connectivity index (χ1n) is 6.83. The van der Waals surface area contributed by atoms with Crippen molar-refractivity contribution < 1.29 is 8.78 Å². The molecule has 2 heterocycles. The second-order valence-corrected chi connectivity index (χ2v) is 5.69. The van der Waals surface area contributed by atoms with E-state index in [4.69, 9.17) is 0 Å². The Morgan fingerprint density at radius 1 is 1.12 bits per heavy atom. The summed E-state index contributed by atoms with van der Waals surface area (Å²) >= 11 is 0. The fourth-order valence-corrected chi connectivity index (χ4v) is 3.22. The minimum Gasteiger partial charge on any atom is -0.300 e. The molecule has 0 radical (unpaired) electrons. The Morgan fingerprint density at radius 3 is 2.29 bits per heavy atom. The molecule has 100 valence electrons. The zero-order chi connectivity index (χ0) is 12.5. The number of alkyl halides is 2. The van der Waals surface area contributed by atoms with Gasteiger partial charge in [-0.25, -0.2) is 8.78 Å². The number of likely N-dealkylation sites (tertiary alicyclic amines) is 2. The van der Waals surface area contributed by atoms with E-state index in [-0.39, 0.29) is 6.54 Å². The third kappa shape index (κ3) is 2.97. The van der Waals surface area contributed by atoms with Crippen LogP contribution in [0.5, 0.6) is 0 Å². The van der Waals surface area contributed by atoms with Gasteiger partial charge in [0.1, 0.15) is 0 Å². The highest BCUT2D eigenvalue weighted by Gasteiger charge is 2.46. The molecule has 0 aromatic carbocycles. The van der Waals surface area contributed by atoms with Gasteiger partial charge < -0.3 is 4.90 Å². The van der Waals surface area contributed by atoms with Gasteiger partial charge >= 0.3 is 0 Å². The standard InChI is InChI=1S/C13H24F2N2/c1-3-11-4-8-17(9-5-11)12-6-7-16(2)10-13(12,14)15/h11-12H,3-10H2,1-2H3. The van der Waals surface area contributed by atoms with Gasteiger partial charge in [-0.2, -0.15) is 0 Å². The third-order valence-electron chi connectivity index (χ3n) is 4.42. The van der Waals surface area contributed by atoms with Crippen molar-refractivity contribution in [1.29, 1.82) is 0 Å². The van der Waals surface area contributed by atoms with E-state index in [0.29, 0.717) is 6.42 Å². The molecule has 2 nitrogen and oxygen atoms in total. The number of rotatable bonds is 2. The van der Waals surface area contributed by atoms with Crippen LogP contribution in [0.15, 0.2) is 0 Å². The molecule has 0 amide bonds. The molecule has 2 aliphatic rings. The summed E-state index contributed by atoms with van der Waals surface area (Å²) in [7, 11) is 1.79. The number of hydrogen-bond acceptors (Lipinski definition) is 2. The highest BCUT2D eigenvalue weighted by Crippen LogP contribution is 2.33. The van der Waals surface area contributed by atoms with Gasteiger partial charge in [0.15, 0.2) is 0 Å². The lowest BCUT2D eigenvalue weighted by Crippen LogP contribution is -2.58. The fourth-order valence-electron chi connectivity index (χ4n) is 3.22. The Hall–Kier alpha value is -0.220. The van der Waals surface area contributed by atoms with Gasteiger partial charge in [0.25, 0.3) is 5.92 Å². The summed E-state index contributed by atoms with van der Waals surface area (Å²) < 4.78 is 28.0. The molecule has 0 aromatic rings. The van der Waals surface area contributed by atoms with Crippen LogP contribution in [0, 0.1) is 5.92 Å². The van der Waals surface area contributed by atoms with Crippen LogP contribution in [-0.4, -0.2) is 55.0 Å². The molecule has 1 unspecified atom stereocenters. The fraction of sp³-hybridized carbons (Fsp3) is 1.00. The minimum absolute atomic E-state index is 0.0780. The number of nitrogens with zero attached hydrogens (tertiary/aromatic N) is 2. The molecule has 2 rings (SSSR count). The largest absolute Gasteiger partial charge is 0.300 e. The molecule has 0 aliphatic carbocycles. The molecule has 1 atom stereocenters. The van der Waals surface area contributed by atoms with E-state index in [1.165, 1.54) is 6.42 Å². The topological polar surface area (TPSA) is 6.48 Å². The molecule has 2 fully saturated rings. The van der Waals surface area contributed by atoms with Crippen LogP contribution in [0.1, 0.15) is 32.6 Å². The van der Waals surface area contributed by atoms with Gasteiger partial charge in [0.2, 0.25) is 0 Å². The number of halogens is 2. The predicted molar refractivity (Wildman–Crippen MR) is 65.4 cm³/mol. The Bertz CT molecular complexity index is 250. The van der Waals surface area contributed by atoms with Crippen molar-refractivity contribution in [2.24, 2.45) is 5.92 Å². The van der Waals surface area contributed by atoms with Gasteiger partial charge in [-0.1, -0.05) is 13.3 Å². The monoisotopic (exact) mass is 246 g/mol. The second-order valence-electron chi connectivity index (χ2n) is 5.69. The van der Waals surface area contributed by atoms with Crippen molar-refractivity contribution in [3.05, 3.63) is 0 Å². The van der Waals surface area contributed by atoms with Crippen molar-refractivity contribution in [1.82, 2.24) is 9.80 Å². The molecule has 2 saturated heterocycles. The molecule has 4 heteroatoms. The molecule has 0 N–H and O–H groups in total. The summed E-state index contributed by atoms with van der Waals surface area (Å²) in [6.07, 6.45) is 4.00. The van der Waals surface area contributed by atoms with Crippen LogP contribution < -0.4 is 0 Å². The summed E-state index contributed by atoms with van der Waals surface area (Å²) in [5.41, 5.74) is 0. The molecule has 0 spiro atoms. The van der Waals surface area contributed by atoms with E-state index >= 15 is 0 Å². The predicted octanol–water partition coefficient (Wildman–Crippen LogP) is 2.45. The molecular weight excluding hydrogens is 222 g/mol. The quantitative estimate of drug-likeness (QED) is 0.738. The van der Waals surface area contributed by atoms with E-state index in [9.17, 15) is 8.78 Å². The molecule has 0 bridgehead atoms. The lowest BCUT2D eigenvalue weighted by atomic mass is 9.91. The Morgan fingerprint density at radius 2 is 1.76 bits per heavy atom. The van der Waals surface area contributed by atoms with Crippen LogP contribution in [0.3, 0.4) is 0 Å². The van der Waals surface area contributed by atoms with Gasteiger partial charge in [0.05, 0.1) is 12.6 Å². The first kappa shape index (κ1) is 13.2.